The highest BCUT2D eigenvalue weighted by atomic mass is 35.5. The van der Waals surface area contributed by atoms with Gasteiger partial charge >= 0.3 is 0 Å². The molecule has 0 spiro atoms. The Labute approximate surface area is 156 Å². The number of benzene rings is 1. The van der Waals surface area contributed by atoms with Gasteiger partial charge in [-0.2, -0.15) is 0 Å². The van der Waals surface area contributed by atoms with Crippen LogP contribution < -0.4 is 5.32 Å². The summed E-state index contributed by atoms with van der Waals surface area (Å²) in [5.74, 6) is 0.774. The molecule has 0 radical (unpaired) electrons. The summed E-state index contributed by atoms with van der Waals surface area (Å²) in [5, 5.41) is 7.12. The monoisotopic (exact) mass is 373 g/mol. The zero-order chi connectivity index (χ0) is 18.5. The number of anilines is 1. The topological polar surface area (TPSA) is 75.4 Å². The lowest BCUT2D eigenvalue weighted by Crippen LogP contribution is -2.40. The van der Waals surface area contributed by atoms with Crippen LogP contribution in [0.4, 0.5) is 5.82 Å². The van der Waals surface area contributed by atoms with Crippen LogP contribution in [0.5, 0.6) is 0 Å². The van der Waals surface area contributed by atoms with Crippen LogP contribution in [0.3, 0.4) is 0 Å². The molecule has 1 fully saturated rings. The number of aryl methyl sites for hydroxylation is 1. The summed E-state index contributed by atoms with van der Waals surface area (Å²) < 4.78 is 4.94. The Hall–Kier alpha value is -2.60. The predicted octanol–water partition coefficient (Wildman–Crippen LogP) is 3.53. The Balaban J connectivity index is 1.50. The first-order chi connectivity index (χ1) is 12.5. The molecule has 2 aromatic rings. The number of carbonyl (C=O) groups is 2. The van der Waals surface area contributed by atoms with E-state index in [4.69, 9.17) is 16.1 Å². The molecule has 1 N–H and O–H groups in total. The number of aromatic nitrogens is 1. The van der Waals surface area contributed by atoms with Crippen molar-refractivity contribution >= 4 is 35.3 Å². The lowest BCUT2D eigenvalue weighted by Gasteiger charge is -2.30. The molecule has 0 saturated carbocycles. The Bertz CT molecular complexity index is 823. The molecule has 0 unspecified atom stereocenters. The van der Waals surface area contributed by atoms with Gasteiger partial charge in [0.2, 0.25) is 11.8 Å². The van der Waals surface area contributed by atoms with Crippen LogP contribution in [0.25, 0.3) is 6.08 Å². The van der Waals surface area contributed by atoms with E-state index >= 15 is 0 Å². The molecule has 0 aliphatic carbocycles. The fourth-order valence-electron chi connectivity index (χ4n) is 2.89. The standard InChI is InChI=1S/C19H20ClN3O3/c1-13-12-17(22-26-13)21-19(25)15-8-10-23(11-9-15)18(24)7-6-14-4-2-3-5-16(14)20/h2-7,12,15H,8-11H2,1H3,(H,21,22,25)/b7-6+. The van der Waals surface area contributed by atoms with E-state index in [0.29, 0.717) is 42.5 Å². The number of nitrogens with zero attached hydrogens (tertiary/aromatic N) is 2. The minimum Gasteiger partial charge on any atom is -0.360 e. The lowest BCUT2D eigenvalue weighted by atomic mass is 9.96. The number of nitrogens with one attached hydrogen (secondary N) is 1. The Morgan fingerprint density at radius 2 is 2.04 bits per heavy atom. The van der Waals surface area contributed by atoms with Gasteiger partial charge in [0.25, 0.3) is 0 Å². The van der Waals surface area contributed by atoms with E-state index < -0.39 is 0 Å². The minimum absolute atomic E-state index is 0.0732. The molecule has 2 amide bonds. The summed E-state index contributed by atoms with van der Waals surface area (Å²) in [6.07, 6.45) is 4.48. The van der Waals surface area contributed by atoms with Crippen LogP contribution >= 0.6 is 11.6 Å². The average Bonchev–Trinajstić information content (AvgIpc) is 3.05. The summed E-state index contributed by atoms with van der Waals surface area (Å²) in [5.41, 5.74) is 0.805. The number of amides is 2. The molecule has 0 atom stereocenters. The zero-order valence-corrected chi connectivity index (χ0v) is 15.2. The first-order valence-corrected chi connectivity index (χ1v) is 8.86. The summed E-state index contributed by atoms with van der Waals surface area (Å²) in [7, 11) is 0. The van der Waals surface area contributed by atoms with Crippen LogP contribution in [-0.4, -0.2) is 35.0 Å². The molecular weight excluding hydrogens is 354 g/mol. The summed E-state index contributed by atoms with van der Waals surface area (Å²) in [6, 6.07) is 9.03. The molecule has 1 saturated heterocycles. The number of hydrogen-bond acceptors (Lipinski definition) is 4. The first-order valence-electron chi connectivity index (χ1n) is 8.48. The van der Waals surface area contributed by atoms with Crippen molar-refractivity contribution in [1.82, 2.24) is 10.1 Å². The Morgan fingerprint density at radius 1 is 1.31 bits per heavy atom. The molecule has 6 nitrogen and oxygen atoms in total. The molecule has 136 valence electrons. The lowest BCUT2D eigenvalue weighted by molar-refractivity contribution is -0.130. The second-order valence-electron chi connectivity index (χ2n) is 6.27. The molecule has 26 heavy (non-hydrogen) atoms. The molecule has 1 aromatic heterocycles. The van der Waals surface area contributed by atoms with E-state index in [0.717, 1.165) is 5.56 Å². The molecule has 3 rings (SSSR count). The van der Waals surface area contributed by atoms with Crippen molar-refractivity contribution in [2.75, 3.05) is 18.4 Å². The van der Waals surface area contributed by atoms with Gasteiger partial charge in [-0.25, -0.2) is 0 Å². The van der Waals surface area contributed by atoms with Gasteiger partial charge in [0.05, 0.1) is 0 Å². The number of piperidine rings is 1. The van der Waals surface area contributed by atoms with Gasteiger partial charge in [-0.1, -0.05) is 35.0 Å². The molecule has 1 aliphatic rings. The number of carbonyl (C=O) groups excluding carboxylic acids is 2. The van der Waals surface area contributed by atoms with Crippen molar-refractivity contribution in [1.29, 1.82) is 0 Å². The Morgan fingerprint density at radius 3 is 2.69 bits per heavy atom. The highest BCUT2D eigenvalue weighted by molar-refractivity contribution is 6.32. The highest BCUT2D eigenvalue weighted by Crippen LogP contribution is 2.21. The molecule has 1 aliphatic heterocycles. The maximum atomic E-state index is 12.3. The van der Waals surface area contributed by atoms with Crippen molar-refractivity contribution in [3.05, 3.63) is 52.8 Å². The summed E-state index contributed by atoms with van der Waals surface area (Å²) >= 11 is 6.08. The second kappa shape index (κ2) is 8.19. The average molecular weight is 374 g/mol. The van der Waals surface area contributed by atoms with Crippen LogP contribution in [-0.2, 0) is 9.59 Å². The van der Waals surface area contributed by atoms with Crippen LogP contribution in [0.2, 0.25) is 5.02 Å². The molecular formula is C19H20ClN3O3. The SMILES string of the molecule is Cc1cc(NC(=O)C2CCN(C(=O)/C=C/c3ccccc3Cl)CC2)no1. The number of likely N-dealkylation sites (tertiary alicyclic amines) is 1. The quantitative estimate of drug-likeness (QED) is 0.832. The van der Waals surface area contributed by atoms with Gasteiger partial charge in [-0.05, 0) is 37.5 Å². The van der Waals surface area contributed by atoms with Crippen LogP contribution in [0, 0.1) is 12.8 Å². The number of rotatable bonds is 4. The predicted molar refractivity (Wildman–Crippen MR) is 99.7 cm³/mol. The van der Waals surface area contributed by atoms with Crippen molar-refractivity contribution in [3.63, 3.8) is 0 Å². The third-order valence-electron chi connectivity index (χ3n) is 4.37. The van der Waals surface area contributed by atoms with E-state index in [1.807, 2.05) is 18.2 Å². The van der Waals surface area contributed by atoms with Crippen LogP contribution in [0.1, 0.15) is 24.2 Å². The molecule has 0 bridgehead atoms. The molecule has 1 aromatic carbocycles. The third-order valence-corrected chi connectivity index (χ3v) is 4.71. The van der Waals surface area contributed by atoms with Crippen molar-refractivity contribution in [2.24, 2.45) is 5.92 Å². The number of hydrogen-bond donors (Lipinski definition) is 1. The van der Waals surface area contributed by atoms with Crippen molar-refractivity contribution in [3.8, 4) is 0 Å². The summed E-state index contributed by atoms with van der Waals surface area (Å²) in [6.45, 7) is 2.85. The van der Waals surface area contributed by atoms with E-state index in [9.17, 15) is 9.59 Å². The zero-order valence-electron chi connectivity index (χ0n) is 14.4. The summed E-state index contributed by atoms with van der Waals surface area (Å²) in [4.78, 5) is 26.4. The normalized spacial score (nSPS) is 15.4. The Kier molecular flexibility index (Phi) is 5.73. The fraction of sp³-hybridized carbons (Fsp3) is 0.316. The van der Waals surface area contributed by atoms with E-state index in [1.54, 1.807) is 30.0 Å². The fourth-order valence-corrected chi connectivity index (χ4v) is 3.09. The van der Waals surface area contributed by atoms with Gasteiger partial charge in [-0.3, -0.25) is 9.59 Å². The van der Waals surface area contributed by atoms with Gasteiger partial charge in [-0.15, -0.1) is 0 Å². The third kappa shape index (κ3) is 4.52. The largest absolute Gasteiger partial charge is 0.360 e. The smallest absolute Gasteiger partial charge is 0.246 e. The molecule has 7 heteroatoms. The van der Waals surface area contributed by atoms with Gasteiger partial charge in [0.15, 0.2) is 5.82 Å². The van der Waals surface area contributed by atoms with Crippen LogP contribution in [0.15, 0.2) is 40.9 Å². The molecule has 2 heterocycles. The minimum atomic E-state index is -0.136. The maximum Gasteiger partial charge on any atom is 0.246 e. The first kappa shape index (κ1) is 18.2. The second-order valence-corrected chi connectivity index (χ2v) is 6.67. The maximum absolute atomic E-state index is 12.3. The van der Waals surface area contributed by atoms with E-state index in [1.165, 1.54) is 6.08 Å². The van der Waals surface area contributed by atoms with Crippen molar-refractivity contribution < 1.29 is 14.1 Å². The van der Waals surface area contributed by atoms with Crippen molar-refractivity contribution in [2.45, 2.75) is 19.8 Å². The van der Waals surface area contributed by atoms with Gasteiger partial charge in [0, 0.05) is 36.2 Å². The van der Waals surface area contributed by atoms with Gasteiger partial charge < -0.3 is 14.7 Å². The highest BCUT2D eigenvalue weighted by Gasteiger charge is 2.27. The van der Waals surface area contributed by atoms with E-state index in [2.05, 4.69) is 10.5 Å². The van der Waals surface area contributed by atoms with E-state index in [-0.39, 0.29) is 17.7 Å². The van der Waals surface area contributed by atoms with Gasteiger partial charge in [0.1, 0.15) is 5.76 Å². The number of halogens is 1.